The minimum absolute atomic E-state index is 0.00825. The average molecular weight is 587 g/mol. The van der Waals surface area contributed by atoms with Crippen LogP contribution in [0, 0.1) is 0 Å². The molecule has 0 aliphatic carbocycles. The predicted octanol–water partition coefficient (Wildman–Crippen LogP) is 3.79. The maximum Gasteiger partial charge on any atom is 0.379 e. The molecule has 0 radical (unpaired) electrons. The van der Waals surface area contributed by atoms with Crippen molar-refractivity contribution in [2.45, 2.75) is 13.0 Å². The van der Waals surface area contributed by atoms with Crippen molar-refractivity contribution in [3.8, 4) is 17.2 Å². The van der Waals surface area contributed by atoms with Gasteiger partial charge in [0.25, 0.3) is 5.56 Å². The first kappa shape index (κ1) is 28.4. The number of thiazole rings is 1. The second-order valence-electron chi connectivity index (χ2n) is 9.01. The molecule has 0 spiro atoms. The lowest BCUT2D eigenvalue weighted by Crippen LogP contribution is -2.39. The molecule has 1 atom stereocenters. The molecule has 2 aromatic carbocycles. The van der Waals surface area contributed by atoms with Crippen LogP contribution in [0.3, 0.4) is 0 Å². The van der Waals surface area contributed by atoms with E-state index in [9.17, 15) is 14.4 Å². The number of carbonyl (C=O) groups excluding carboxylic acids is 2. The molecule has 0 fully saturated rings. The van der Waals surface area contributed by atoms with Crippen LogP contribution in [0.2, 0.25) is 0 Å². The molecule has 0 amide bonds. The number of fused-ring (bicyclic) bond motifs is 1. The van der Waals surface area contributed by atoms with Crippen LogP contribution in [0.15, 0.2) is 99.0 Å². The van der Waals surface area contributed by atoms with Crippen molar-refractivity contribution < 1.29 is 33.0 Å². The van der Waals surface area contributed by atoms with Crippen molar-refractivity contribution in [3.63, 3.8) is 0 Å². The van der Waals surface area contributed by atoms with Crippen molar-refractivity contribution in [3.05, 3.63) is 121 Å². The molecule has 42 heavy (non-hydrogen) atoms. The third kappa shape index (κ3) is 5.54. The number of ether oxygens (including phenoxy) is 4. The second-order valence-corrected chi connectivity index (χ2v) is 10.0. The molecule has 5 rings (SSSR count). The van der Waals surface area contributed by atoms with Crippen LogP contribution in [0.25, 0.3) is 6.08 Å². The van der Waals surface area contributed by atoms with E-state index in [1.807, 2.05) is 0 Å². The number of hydrogen-bond donors (Lipinski definition) is 0. The summed E-state index contributed by atoms with van der Waals surface area (Å²) in [6, 6.07) is 14.0. The van der Waals surface area contributed by atoms with E-state index in [4.69, 9.17) is 23.4 Å². The van der Waals surface area contributed by atoms with Gasteiger partial charge >= 0.3 is 11.9 Å². The van der Waals surface area contributed by atoms with Crippen LogP contribution < -0.4 is 29.1 Å². The van der Waals surface area contributed by atoms with Crippen LogP contribution >= 0.6 is 11.3 Å². The largest absolute Gasteiger partial charge is 0.497 e. The van der Waals surface area contributed by atoms with Gasteiger partial charge in [0.1, 0.15) is 23.9 Å². The second kappa shape index (κ2) is 12.1. The van der Waals surface area contributed by atoms with E-state index in [0.717, 1.165) is 0 Å². The number of methoxy groups -OCH3 is 2. The number of carbonyl (C=O) groups is 2. The highest BCUT2D eigenvalue weighted by atomic mass is 32.1. The molecular formula is C31H26N2O8S. The first-order chi connectivity index (χ1) is 20.3. The van der Waals surface area contributed by atoms with Gasteiger partial charge in [0.15, 0.2) is 4.80 Å². The van der Waals surface area contributed by atoms with E-state index >= 15 is 0 Å². The number of benzene rings is 2. The summed E-state index contributed by atoms with van der Waals surface area (Å²) in [6.45, 7) is 5.29. The van der Waals surface area contributed by atoms with Gasteiger partial charge in [0, 0.05) is 11.6 Å². The summed E-state index contributed by atoms with van der Waals surface area (Å²) in [5.74, 6) is 0.184. The lowest BCUT2D eigenvalue weighted by Gasteiger charge is -2.24. The third-order valence-corrected chi connectivity index (χ3v) is 7.41. The average Bonchev–Trinajstić information content (AvgIpc) is 3.64. The van der Waals surface area contributed by atoms with Crippen molar-refractivity contribution in [2.75, 3.05) is 20.8 Å². The predicted molar refractivity (Wildman–Crippen MR) is 155 cm³/mol. The van der Waals surface area contributed by atoms with Gasteiger partial charge in [-0.3, -0.25) is 9.36 Å². The number of aromatic nitrogens is 1. The molecular weight excluding hydrogens is 560 g/mol. The molecule has 4 aromatic rings. The van der Waals surface area contributed by atoms with Crippen molar-refractivity contribution in [1.29, 1.82) is 0 Å². The maximum absolute atomic E-state index is 13.9. The van der Waals surface area contributed by atoms with E-state index in [1.54, 1.807) is 68.6 Å². The van der Waals surface area contributed by atoms with Crippen LogP contribution in [-0.4, -0.2) is 37.3 Å². The molecule has 2 aromatic heterocycles. The Morgan fingerprint density at radius 3 is 2.50 bits per heavy atom. The summed E-state index contributed by atoms with van der Waals surface area (Å²) in [6.07, 6.45) is 4.55. The monoisotopic (exact) mass is 586 g/mol. The van der Waals surface area contributed by atoms with E-state index in [0.29, 0.717) is 37.7 Å². The van der Waals surface area contributed by atoms with Crippen LogP contribution in [0.5, 0.6) is 17.2 Å². The Labute approximate surface area is 244 Å². The Kier molecular flexibility index (Phi) is 8.21. The molecule has 3 heterocycles. The summed E-state index contributed by atoms with van der Waals surface area (Å²) in [5, 5.41) is 0. The van der Waals surface area contributed by atoms with Gasteiger partial charge in [-0.2, -0.15) is 0 Å². The molecule has 1 aliphatic heterocycles. The zero-order chi connectivity index (χ0) is 29.8. The highest BCUT2D eigenvalue weighted by Gasteiger charge is 2.33. The number of allylic oxidation sites excluding steroid dienone is 1. The molecule has 0 N–H and O–H groups in total. The minimum Gasteiger partial charge on any atom is -0.497 e. The van der Waals surface area contributed by atoms with E-state index in [-0.39, 0.29) is 29.2 Å². The van der Waals surface area contributed by atoms with E-state index < -0.39 is 18.0 Å². The summed E-state index contributed by atoms with van der Waals surface area (Å²) >= 11 is 1.19. The fourth-order valence-corrected chi connectivity index (χ4v) is 5.50. The topological polar surface area (TPSA) is 119 Å². The van der Waals surface area contributed by atoms with Gasteiger partial charge in [0.05, 0.1) is 42.3 Å². The molecule has 10 nitrogen and oxygen atoms in total. The molecule has 1 unspecified atom stereocenters. The number of hydrogen-bond acceptors (Lipinski definition) is 10. The summed E-state index contributed by atoms with van der Waals surface area (Å²) in [5.41, 5.74) is 1.53. The van der Waals surface area contributed by atoms with Gasteiger partial charge in [-0.15, -0.1) is 0 Å². The number of rotatable bonds is 9. The summed E-state index contributed by atoms with van der Waals surface area (Å²) < 4.78 is 28.5. The highest BCUT2D eigenvalue weighted by Crippen LogP contribution is 2.32. The Hall–Kier alpha value is -5.16. The van der Waals surface area contributed by atoms with E-state index in [2.05, 4.69) is 11.6 Å². The van der Waals surface area contributed by atoms with Gasteiger partial charge < -0.3 is 23.4 Å². The lowest BCUT2D eigenvalue weighted by molar-refractivity contribution is -0.138. The van der Waals surface area contributed by atoms with Crippen LogP contribution in [0.4, 0.5) is 0 Å². The molecule has 0 saturated heterocycles. The Morgan fingerprint density at radius 1 is 1.07 bits per heavy atom. The van der Waals surface area contributed by atoms with Gasteiger partial charge in [-0.05, 0) is 55.0 Å². The quantitative estimate of drug-likeness (QED) is 0.165. The maximum atomic E-state index is 13.9. The van der Waals surface area contributed by atoms with Crippen LogP contribution in [0.1, 0.15) is 34.6 Å². The fraction of sp³-hybridized carbons (Fsp3) is 0.161. The SMILES string of the molecule is C=CCOC(=O)C1=C(C)N=c2sc(=Cc3ccc(OC)cc3OC)c(=O)n2C1c1ccc(OC(=O)c2ccco2)cc1. The zero-order valence-electron chi connectivity index (χ0n) is 23.0. The number of esters is 2. The molecule has 0 bridgehead atoms. The Balaban J connectivity index is 1.60. The molecule has 214 valence electrons. The van der Waals surface area contributed by atoms with Crippen LogP contribution in [-0.2, 0) is 9.53 Å². The Morgan fingerprint density at radius 2 is 1.83 bits per heavy atom. The smallest absolute Gasteiger partial charge is 0.379 e. The number of nitrogens with zero attached hydrogens (tertiary/aromatic N) is 2. The zero-order valence-corrected chi connectivity index (χ0v) is 23.8. The minimum atomic E-state index is -0.853. The van der Waals surface area contributed by atoms with Gasteiger partial charge in [-0.1, -0.05) is 36.1 Å². The first-order valence-corrected chi connectivity index (χ1v) is 13.5. The summed E-state index contributed by atoms with van der Waals surface area (Å²) in [4.78, 5) is 44.5. The molecule has 1 aliphatic rings. The normalized spacial score (nSPS) is 14.5. The Bertz CT molecular complexity index is 1860. The highest BCUT2D eigenvalue weighted by molar-refractivity contribution is 7.07. The standard InChI is InChI=1S/C31H26N2O8S/c1-5-14-40-30(36)26-18(2)32-31-33(28(34)25(42-31)16-20-10-13-22(37-3)17-24(20)38-4)27(26)19-8-11-21(12-9-19)41-29(35)23-7-6-15-39-23/h5-13,15-17,27H,1,14H2,2-4H3. The number of furan rings is 1. The molecule has 0 saturated carbocycles. The van der Waals surface area contributed by atoms with Gasteiger partial charge in [0.2, 0.25) is 5.76 Å². The first-order valence-electron chi connectivity index (χ1n) is 12.7. The fourth-order valence-electron chi connectivity index (χ4n) is 4.46. The third-order valence-electron chi connectivity index (χ3n) is 6.43. The van der Waals surface area contributed by atoms with Crippen molar-refractivity contribution in [1.82, 2.24) is 4.57 Å². The summed E-state index contributed by atoms with van der Waals surface area (Å²) in [7, 11) is 3.09. The van der Waals surface area contributed by atoms with Crippen molar-refractivity contribution >= 4 is 29.4 Å². The van der Waals surface area contributed by atoms with Gasteiger partial charge in [-0.25, -0.2) is 14.6 Å². The molecule has 11 heteroatoms. The van der Waals surface area contributed by atoms with E-state index in [1.165, 1.54) is 41.4 Å². The van der Waals surface area contributed by atoms with Crippen molar-refractivity contribution in [2.24, 2.45) is 4.99 Å². The lowest BCUT2D eigenvalue weighted by atomic mass is 9.96.